The van der Waals surface area contributed by atoms with Crippen molar-refractivity contribution in [1.29, 1.82) is 0 Å². The van der Waals surface area contributed by atoms with Gasteiger partial charge in [-0.15, -0.1) is 0 Å². The molecule has 0 saturated carbocycles. The van der Waals surface area contributed by atoms with Crippen LogP contribution in [0.3, 0.4) is 0 Å². The molecule has 0 spiro atoms. The number of nitrogens with zero attached hydrogens (tertiary/aromatic N) is 3. The topological polar surface area (TPSA) is 75.0 Å². The van der Waals surface area contributed by atoms with E-state index in [2.05, 4.69) is 15.2 Å². The van der Waals surface area contributed by atoms with Gasteiger partial charge in [0.05, 0.1) is 12.3 Å². The second-order valence-electron chi connectivity index (χ2n) is 5.10. The number of amides is 1. The summed E-state index contributed by atoms with van der Waals surface area (Å²) in [5, 5.41) is 7.76. The molecule has 0 fully saturated rings. The number of halogens is 1. The summed E-state index contributed by atoms with van der Waals surface area (Å²) in [4.78, 5) is 17.7. The summed E-state index contributed by atoms with van der Waals surface area (Å²) in [6.07, 6.45) is 1.41. The van der Waals surface area contributed by atoms with Crippen LogP contribution in [-0.4, -0.2) is 38.8 Å². The van der Waals surface area contributed by atoms with Gasteiger partial charge in [-0.2, -0.15) is 5.10 Å². The van der Waals surface area contributed by atoms with Gasteiger partial charge in [0.15, 0.2) is 5.16 Å². The predicted octanol–water partition coefficient (Wildman–Crippen LogP) is 3.47. The number of carbonyl (C=O) groups is 1. The molecule has 6 nitrogen and oxygen atoms in total. The number of H-pyrrole nitrogens is 1. The van der Waals surface area contributed by atoms with Crippen molar-refractivity contribution >= 4 is 29.3 Å². The number of thioether (sulfide) groups is 1. The first-order valence-electron chi connectivity index (χ1n) is 7.18. The maximum Gasteiger partial charge on any atom is 0.233 e. The standard InChI is InChI=1S/C16H15ClN4O2S/c1-21(15(22)9-24-16-18-10-19-20-16)8-13-6-7-14(23-13)11-2-4-12(17)5-3-11/h2-7,10H,8-9H2,1H3,(H,18,19,20). The van der Waals surface area contributed by atoms with Crippen LogP contribution in [0.25, 0.3) is 11.3 Å². The van der Waals surface area contributed by atoms with Crippen LogP contribution in [0, 0.1) is 0 Å². The lowest BCUT2D eigenvalue weighted by molar-refractivity contribution is -0.127. The SMILES string of the molecule is CN(Cc1ccc(-c2ccc(Cl)cc2)o1)C(=O)CSc1ncn[nH]1. The highest BCUT2D eigenvalue weighted by molar-refractivity contribution is 7.99. The molecule has 0 bridgehead atoms. The van der Waals surface area contributed by atoms with Gasteiger partial charge in [0.2, 0.25) is 5.91 Å². The van der Waals surface area contributed by atoms with E-state index >= 15 is 0 Å². The van der Waals surface area contributed by atoms with E-state index < -0.39 is 0 Å². The molecule has 1 amide bonds. The number of hydrogen-bond acceptors (Lipinski definition) is 5. The molecule has 0 saturated heterocycles. The van der Waals surface area contributed by atoms with Crippen molar-refractivity contribution in [3.63, 3.8) is 0 Å². The van der Waals surface area contributed by atoms with Gasteiger partial charge in [-0.1, -0.05) is 23.4 Å². The van der Waals surface area contributed by atoms with Crippen LogP contribution in [0.2, 0.25) is 5.02 Å². The van der Waals surface area contributed by atoms with Gasteiger partial charge >= 0.3 is 0 Å². The first-order valence-corrected chi connectivity index (χ1v) is 8.55. The van der Waals surface area contributed by atoms with E-state index in [4.69, 9.17) is 16.0 Å². The van der Waals surface area contributed by atoms with Crippen molar-refractivity contribution in [3.8, 4) is 11.3 Å². The minimum absolute atomic E-state index is 0.0131. The Morgan fingerprint density at radius 2 is 2.08 bits per heavy atom. The lowest BCUT2D eigenvalue weighted by atomic mass is 10.2. The van der Waals surface area contributed by atoms with E-state index in [9.17, 15) is 4.79 Å². The summed E-state index contributed by atoms with van der Waals surface area (Å²) in [6, 6.07) is 11.2. The smallest absolute Gasteiger partial charge is 0.233 e. The summed E-state index contributed by atoms with van der Waals surface area (Å²) in [5.74, 6) is 1.75. The molecule has 0 unspecified atom stereocenters. The van der Waals surface area contributed by atoms with Crippen LogP contribution in [0.5, 0.6) is 0 Å². The van der Waals surface area contributed by atoms with Crippen LogP contribution < -0.4 is 0 Å². The molecule has 124 valence electrons. The fourth-order valence-electron chi connectivity index (χ4n) is 2.06. The minimum atomic E-state index is -0.0131. The van der Waals surface area contributed by atoms with E-state index in [0.29, 0.717) is 16.7 Å². The second-order valence-corrected chi connectivity index (χ2v) is 6.50. The molecule has 0 aliphatic carbocycles. The molecule has 24 heavy (non-hydrogen) atoms. The van der Waals surface area contributed by atoms with Crippen LogP contribution >= 0.6 is 23.4 Å². The number of rotatable bonds is 6. The number of nitrogens with one attached hydrogen (secondary N) is 1. The maximum absolute atomic E-state index is 12.1. The van der Waals surface area contributed by atoms with Crippen molar-refractivity contribution in [2.45, 2.75) is 11.7 Å². The molecular weight excluding hydrogens is 348 g/mol. The number of benzene rings is 1. The third kappa shape index (κ3) is 4.18. The molecule has 1 aromatic carbocycles. The molecule has 0 radical (unpaired) electrons. The van der Waals surface area contributed by atoms with Crippen molar-refractivity contribution in [2.75, 3.05) is 12.8 Å². The average Bonchev–Trinajstić information content (AvgIpc) is 3.25. The molecular formula is C16H15ClN4O2S. The highest BCUT2D eigenvalue weighted by atomic mass is 35.5. The quantitative estimate of drug-likeness (QED) is 0.679. The fraction of sp³-hybridized carbons (Fsp3) is 0.188. The monoisotopic (exact) mass is 362 g/mol. The van der Waals surface area contributed by atoms with Crippen molar-refractivity contribution in [1.82, 2.24) is 20.1 Å². The maximum atomic E-state index is 12.1. The lowest BCUT2D eigenvalue weighted by Gasteiger charge is -2.14. The van der Waals surface area contributed by atoms with Crippen LogP contribution in [0.1, 0.15) is 5.76 Å². The van der Waals surface area contributed by atoms with Crippen molar-refractivity contribution < 1.29 is 9.21 Å². The van der Waals surface area contributed by atoms with Crippen LogP contribution in [-0.2, 0) is 11.3 Å². The van der Waals surface area contributed by atoms with E-state index in [1.807, 2.05) is 36.4 Å². The third-order valence-corrected chi connectivity index (χ3v) is 4.45. The summed E-state index contributed by atoms with van der Waals surface area (Å²) >= 11 is 7.20. The Kier molecular flexibility index (Phi) is 5.22. The largest absolute Gasteiger partial charge is 0.459 e. The second kappa shape index (κ2) is 7.55. The Balaban J connectivity index is 1.57. The van der Waals surface area contributed by atoms with E-state index in [1.165, 1.54) is 18.1 Å². The number of aromatic amines is 1. The summed E-state index contributed by atoms with van der Waals surface area (Å²) in [6.45, 7) is 0.406. The van der Waals surface area contributed by atoms with Gasteiger partial charge in [0, 0.05) is 17.6 Å². The molecule has 1 N–H and O–H groups in total. The molecule has 2 aromatic heterocycles. The number of furan rings is 1. The van der Waals surface area contributed by atoms with Crippen molar-refractivity contribution in [2.24, 2.45) is 0 Å². The van der Waals surface area contributed by atoms with Crippen LogP contribution in [0.15, 0.2) is 52.3 Å². The first-order chi connectivity index (χ1) is 11.6. The average molecular weight is 363 g/mol. The molecule has 0 atom stereocenters. The Labute approximate surface area is 148 Å². The summed E-state index contributed by atoms with van der Waals surface area (Å²) < 4.78 is 5.81. The molecule has 2 heterocycles. The Hall–Kier alpha value is -2.25. The van der Waals surface area contributed by atoms with Gasteiger partial charge in [-0.05, 0) is 36.4 Å². The van der Waals surface area contributed by atoms with Gasteiger partial charge in [0.1, 0.15) is 17.8 Å². The fourth-order valence-corrected chi connectivity index (χ4v) is 2.90. The third-order valence-electron chi connectivity index (χ3n) is 3.33. The Morgan fingerprint density at radius 3 is 2.79 bits per heavy atom. The van der Waals surface area contributed by atoms with Gasteiger partial charge in [0.25, 0.3) is 0 Å². The van der Waals surface area contributed by atoms with E-state index in [1.54, 1.807) is 11.9 Å². The predicted molar refractivity (Wildman–Crippen MR) is 92.7 cm³/mol. The van der Waals surface area contributed by atoms with E-state index in [-0.39, 0.29) is 11.7 Å². The normalized spacial score (nSPS) is 10.8. The highest BCUT2D eigenvalue weighted by Gasteiger charge is 2.13. The first kappa shape index (κ1) is 16.6. The zero-order valence-electron chi connectivity index (χ0n) is 12.9. The molecule has 0 aliphatic heterocycles. The zero-order chi connectivity index (χ0) is 16.9. The summed E-state index contributed by atoms with van der Waals surface area (Å²) in [5.41, 5.74) is 0.945. The molecule has 0 aliphatic rings. The molecule has 3 rings (SSSR count). The number of hydrogen-bond donors (Lipinski definition) is 1. The Morgan fingerprint density at radius 1 is 1.29 bits per heavy atom. The van der Waals surface area contributed by atoms with E-state index in [0.717, 1.165) is 17.1 Å². The number of aromatic nitrogens is 3. The van der Waals surface area contributed by atoms with Crippen molar-refractivity contribution in [3.05, 3.63) is 53.5 Å². The summed E-state index contributed by atoms with van der Waals surface area (Å²) in [7, 11) is 1.74. The van der Waals surface area contributed by atoms with Crippen LogP contribution in [0.4, 0.5) is 0 Å². The zero-order valence-corrected chi connectivity index (χ0v) is 14.5. The van der Waals surface area contributed by atoms with Gasteiger partial charge in [-0.25, -0.2) is 4.98 Å². The molecule has 8 heteroatoms. The highest BCUT2D eigenvalue weighted by Crippen LogP contribution is 2.24. The lowest BCUT2D eigenvalue weighted by Crippen LogP contribution is -2.27. The van der Waals surface area contributed by atoms with Gasteiger partial charge < -0.3 is 9.32 Å². The minimum Gasteiger partial charge on any atom is -0.459 e. The molecule has 3 aromatic rings. The number of carbonyl (C=O) groups excluding carboxylic acids is 1. The van der Waals surface area contributed by atoms with Gasteiger partial charge in [-0.3, -0.25) is 9.89 Å². The Bertz CT molecular complexity index is 802.